The van der Waals surface area contributed by atoms with Crippen LogP contribution in [0.1, 0.15) is 0 Å². The summed E-state index contributed by atoms with van der Waals surface area (Å²) in [5, 5.41) is 14.3. The quantitative estimate of drug-likeness (QED) is 0.444. The molecule has 2 aromatic carbocycles. The molecule has 0 saturated carbocycles. The number of rotatable bonds is 5. The third-order valence-corrected chi connectivity index (χ3v) is 3.02. The summed E-state index contributed by atoms with van der Waals surface area (Å²) >= 11 is 0. The van der Waals surface area contributed by atoms with E-state index in [0.717, 1.165) is 11.4 Å². The molecule has 21 heavy (non-hydrogen) atoms. The van der Waals surface area contributed by atoms with E-state index in [1.54, 1.807) is 18.2 Å². The Morgan fingerprint density at radius 3 is 2.43 bits per heavy atom. The van der Waals surface area contributed by atoms with E-state index in [4.69, 9.17) is 5.84 Å². The maximum absolute atomic E-state index is 11.2. The lowest BCUT2D eigenvalue weighted by Crippen LogP contribution is -2.10. The number of nitro groups is 1. The smallest absolute Gasteiger partial charge is 0.316 e. The second-order valence-corrected chi connectivity index (χ2v) is 4.67. The Morgan fingerprint density at radius 1 is 1.14 bits per heavy atom. The Hall–Kier alpha value is -2.80. The third-order valence-electron chi connectivity index (χ3n) is 3.02. The molecule has 7 nitrogen and oxygen atoms in total. The largest absolute Gasteiger partial charge is 0.378 e. The van der Waals surface area contributed by atoms with Crippen LogP contribution in [0.2, 0.25) is 0 Å². The molecule has 0 aliphatic carbocycles. The Labute approximate surface area is 122 Å². The van der Waals surface area contributed by atoms with Crippen molar-refractivity contribution in [2.45, 2.75) is 0 Å². The van der Waals surface area contributed by atoms with Gasteiger partial charge in [-0.1, -0.05) is 12.1 Å². The second-order valence-electron chi connectivity index (χ2n) is 4.67. The highest BCUT2D eigenvalue weighted by Crippen LogP contribution is 2.34. The van der Waals surface area contributed by atoms with E-state index >= 15 is 0 Å². The molecule has 0 atom stereocenters. The molecule has 0 aliphatic heterocycles. The fraction of sp³-hybridized carbons (Fsp3) is 0.143. The number of nitrogens with zero attached hydrogens (tertiary/aromatic N) is 2. The topological polar surface area (TPSA) is 96.5 Å². The van der Waals surface area contributed by atoms with E-state index < -0.39 is 4.92 Å². The van der Waals surface area contributed by atoms with Crippen molar-refractivity contribution in [2.24, 2.45) is 5.84 Å². The van der Waals surface area contributed by atoms with Crippen LogP contribution in [-0.4, -0.2) is 19.0 Å². The maximum atomic E-state index is 11.2. The van der Waals surface area contributed by atoms with Crippen LogP contribution in [0.15, 0.2) is 42.5 Å². The Bertz CT molecular complexity index is 658. The van der Waals surface area contributed by atoms with Crippen LogP contribution in [0.4, 0.5) is 28.4 Å². The number of nitrogen functional groups attached to an aromatic ring is 1. The van der Waals surface area contributed by atoms with Gasteiger partial charge in [0.05, 0.1) is 4.92 Å². The highest BCUT2D eigenvalue weighted by molar-refractivity contribution is 5.80. The maximum Gasteiger partial charge on any atom is 0.316 e. The number of anilines is 4. The van der Waals surface area contributed by atoms with Crippen molar-refractivity contribution in [3.8, 4) is 0 Å². The fourth-order valence-electron chi connectivity index (χ4n) is 1.97. The second kappa shape index (κ2) is 6.10. The molecule has 0 unspecified atom stereocenters. The van der Waals surface area contributed by atoms with Gasteiger partial charge in [0.15, 0.2) is 0 Å². The predicted octanol–water partition coefficient (Wildman–Crippen LogP) is 2.69. The first-order valence-electron chi connectivity index (χ1n) is 6.31. The number of nitrogens with one attached hydrogen (secondary N) is 2. The van der Waals surface area contributed by atoms with Crippen LogP contribution in [0.3, 0.4) is 0 Å². The van der Waals surface area contributed by atoms with Gasteiger partial charge in [-0.05, 0) is 30.3 Å². The number of nitro benzene ring substituents is 1. The first kappa shape index (κ1) is 14.6. The molecule has 2 rings (SSSR count). The number of hydrogen-bond donors (Lipinski definition) is 3. The van der Waals surface area contributed by atoms with E-state index in [2.05, 4.69) is 10.7 Å². The molecule has 2 aromatic rings. The molecule has 0 aliphatic rings. The lowest BCUT2D eigenvalue weighted by Gasteiger charge is -2.15. The zero-order chi connectivity index (χ0) is 15.4. The molecule has 4 N–H and O–H groups in total. The molecular weight excluding hydrogens is 270 g/mol. The van der Waals surface area contributed by atoms with Crippen LogP contribution in [0, 0.1) is 10.1 Å². The molecule has 0 radical (unpaired) electrons. The normalized spacial score (nSPS) is 10.0. The van der Waals surface area contributed by atoms with Crippen LogP contribution in [0.25, 0.3) is 0 Å². The van der Waals surface area contributed by atoms with Crippen LogP contribution in [-0.2, 0) is 0 Å². The predicted molar refractivity (Wildman–Crippen MR) is 85.0 cm³/mol. The summed E-state index contributed by atoms with van der Waals surface area (Å²) in [4.78, 5) is 12.7. The standard InChI is InChI=1S/C14H17N5O2/c1-18(2)11-6-3-5-10(9-11)16-12-7-4-8-13(17-15)14(12)19(20)21/h3-9,16-17H,15H2,1-2H3. The summed E-state index contributed by atoms with van der Waals surface area (Å²) < 4.78 is 0. The van der Waals surface area contributed by atoms with Gasteiger partial charge in [0, 0.05) is 25.5 Å². The molecule has 110 valence electrons. The van der Waals surface area contributed by atoms with E-state index in [9.17, 15) is 10.1 Å². The van der Waals surface area contributed by atoms with E-state index in [1.165, 1.54) is 0 Å². The van der Waals surface area contributed by atoms with Crippen molar-refractivity contribution in [1.82, 2.24) is 0 Å². The SMILES string of the molecule is CN(C)c1cccc(Nc2cccc(NN)c2[N+](=O)[O-])c1. The summed E-state index contributed by atoms with van der Waals surface area (Å²) in [5.74, 6) is 5.33. The number of hydrazine groups is 1. The Balaban J connectivity index is 2.40. The van der Waals surface area contributed by atoms with Crippen molar-refractivity contribution in [3.63, 3.8) is 0 Å². The molecule has 0 fully saturated rings. The molecule has 0 heterocycles. The summed E-state index contributed by atoms with van der Waals surface area (Å²) in [7, 11) is 3.86. The summed E-state index contributed by atoms with van der Waals surface area (Å²) in [6.07, 6.45) is 0. The Kier molecular flexibility index (Phi) is 4.24. The fourth-order valence-corrected chi connectivity index (χ4v) is 1.97. The molecule has 7 heteroatoms. The first-order chi connectivity index (χ1) is 10.0. The molecule has 0 aromatic heterocycles. The zero-order valence-corrected chi connectivity index (χ0v) is 11.8. The van der Waals surface area contributed by atoms with Crippen LogP contribution in [0.5, 0.6) is 0 Å². The van der Waals surface area contributed by atoms with Crippen LogP contribution >= 0.6 is 0 Å². The number of benzene rings is 2. The minimum atomic E-state index is -0.465. The number of nitrogens with two attached hydrogens (primary N) is 1. The van der Waals surface area contributed by atoms with Crippen molar-refractivity contribution >= 4 is 28.4 Å². The zero-order valence-electron chi connectivity index (χ0n) is 11.8. The summed E-state index contributed by atoms with van der Waals surface area (Å²) in [6.45, 7) is 0. The summed E-state index contributed by atoms with van der Waals surface area (Å²) in [6, 6.07) is 12.5. The van der Waals surface area contributed by atoms with E-state index in [-0.39, 0.29) is 11.4 Å². The van der Waals surface area contributed by atoms with Gasteiger partial charge in [-0.2, -0.15) is 0 Å². The van der Waals surface area contributed by atoms with Gasteiger partial charge in [-0.3, -0.25) is 16.0 Å². The lowest BCUT2D eigenvalue weighted by atomic mass is 10.2. The van der Waals surface area contributed by atoms with Crippen molar-refractivity contribution in [3.05, 3.63) is 52.6 Å². The van der Waals surface area contributed by atoms with E-state index in [0.29, 0.717) is 5.69 Å². The number of para-hydroxylation sites is 1. The van der Waals surface area contributed by atoms with Crippen molar-refractivity contribution in [2.75, 3.05) is 29.7 Å². The van der Waals surface area contributed by atoms with Gasteiger partial charge >= 0.3 is 5.69 Å². The van der Waals surface area contributed by atoms with Gasteiger partial charge in [0.25, 0.3) is 0 Å². The van der Waals surface area contributed by atoms with Gasteiger partial charge in [-0.15, -0.1) is 0 Å². The molecule has 0 amide bonds. The van der Waals surface area contributed by atoms with Gasteiger partial charge < -0.3 is 15.6 Å². The third kappa shape index (κ3) is 3.21. The average molecular weight is 287 g/mol. The van der Waals surface area contributed by atoms with Gasteiger partial charge in [0.1, 0.15) is 11.4 Å². The summed E-state index contributed by atoms with van der Waals surface area (Å²) in [5.41, 5.74) is 4.65. The van der Waals surface area contributed by atoms with Gasteiger partial charge in [0.2, 0.25) is 0 Å². The molecule has 0 bridgehead atoms. The van der Waals surface area contributed by atoms with Gasteiger partial charge in [-0.25, -0.2) is 0 Å². The van der Waals surface area contributed by atoms with Crippen molar-refractivity contribution in [1.29, 1.82) is 0 Å². The molecule has 0 spiro atoms. The average Bonchev–Trinajstić information content (AvgIpc) is 2.46. The first-order valence-corrected chi connectivity index (χ1v) is 6.31. The minimum Gasteiger partial charge on any atom is -0.378 e. The van der Waals surface area contributed by atoms with Crippen LogP contribution < -0.4 is 21.5 Å². The Morgan fingerprint density at radius 2 is 1.81 bits per heavy atom. The number of hydrogen-bond acceptors (Lipinski definition) is 6. The van der Waals surface area contributed by atoms with E-state index in [1.807, 2.05) is 43.3 Å². The monoisotopic (exact) mass is 287 g/mol. The molecular formula is C14H17N5O2. The van der Waals surface area contributed by atoms with Crippen molar-refractivity contribution < 1.29 is 4.92 Å². The highest BCUT2D eigenvalue weighted by atomic mass is 16.6. The lowest BCUT2D eigenvalue weighted by molar-refractivity contribution is -0.383. The highest BCUT2D eigenvalue weighted by Gasteiger charge is 2.19. The minimum absolute atomic E-state index is 0.0877. The molecule has 0 saturated heterocycles.